The van der Waals surface area contributed by atoms with Gasteiger partial charge in [-0.3, -0.25) is 4.79 Å². The van der Waals surface area contributed by atoms with Gasteiger partial charge in [0.15, 0.2) is 5.82 Å². The number of nitriles is 1. The van der Waals surface area contributed by atoms with Gasteiger partial charge in [0, 0.05) is 47.2 Å². The number of carbonyl (C=O) groups excluding carboxylic acids is 1. The molecular weight excluding hydrogens is 330 g/mol. The number of amides is 1. The van der Waals surface area contributed by atoms with E-state index < -0.39 is 0 Å². The first-order valence-corrected chi connectivity index (χ1v) is 8.68. The molecule has 0 aromatic carbocycles. The molecule has 1 saturated heterocycles. The van der Waals surface area contributed by atoms with Crippen LogP contribution in [0, 0.1) is 11.3 Å². The van der Waals surface area contributed by atoms with E-state index in [0.717, 1.165) is 40.5 Å². The summed E-state index contributed by atoms with van der Waals surface area (Å²) in [6.45, 7) is 2.80. The monoisotopic (exact) mass is 349 g/mol. The van der Waals surface area contributed by atoms with Crippen molar-refractivity contribution in [1.82, 2.24) is 25.5 Å². The minimum Gasteiger partial charge on any atom is -0.351 e. The van der Waals surface area contributed by atoms with Gasteiger partial charge in [0.25, 0.3) is 0 Å². The predicted molar refractivity (Wildman–Crippen MR) is 97.4 cm³/mol. The van der Waals surface area contributed by atoms with Crippen LogP contribution >= 0.6 is 0 Å². The number of rotatable bonds is 3. The lowest BCUT2D eigenvalue weighted by Gasteiger charge is -2.39. The molecule has 8 heteroatoms. The molecule has 0 aliphatic carbocycles. The van der Waals surface area contributed by atoms with Crippen molar-refractivity contribution in [1.29, 1.82) is 5.26 Å². The minimum atomic E-state index is -0.228. The molecule has 3 aromatic heterocycles. The van der Waals surface area contributed by atoms with E-state index >= 15 is 0 Å². The number of carbonyl (C=O) groups is 1. The van der Waals surface area contributed by atoms with Crippen LogP contribution in [0.25, 0.3) is 21.8 Å². The van der Waals surface area contributed by atoms with Gasteiger partial charge in [-0.1, -0.05) is 0 Å². The maximum absolute atomic E-state index is 11.8. The fraction of sp³-hybridized carbons (Fsp3) is 0.389. The van der Waals surface area contributed by atoms with Gasteiger partial charge in [0.05, 0.1) is 12.3 Å². The number of pyridine rings is 1. The molecule has 2 unspecified atom stereocenters. The summed E-state index contributed by atoms with van der Waals surface area (Å²) in [4.78, 5) is 21.5. The van der Waals surface area contributed by atoms with Gasteiger partial charge in [-0.2, -0.15) is 10.4 Å². The first kappa shape index (κ1) is 16.3. The smallest absolute Gasteiger partial charge is 0.234 e. The standard InChI is InChI=1S/C18H19N7O/c1-11-2-3-13(23-15(26)4-6-19)10-25(11)18-16-12(9-22-24-18)8-21-17-14(16)5-7-20-17/h5,7-9,11,13H,2-4,10H2,1H3,(H,20,21)(H,23,26). The summed E-state index contributed by atoms with van der Waals surface area (Å²) < 4.78 is 0. The topological polar surface area (TPSA) is 111 Å². The predicted octanol–water partition coefficient (Wildman–Crippen LogP) is 1.89. The van der Waals surface area contributed by atoms with Crippen LogP contribution in [0.3, 0.4) is 0 Å². The highest BCUT2D eigenvalue weighted by molar-refractivity contribution is 6.10. The number of fused-ring (bicyclic) bond motifs is 3. The Kier molecular flexibility index (Phi) is 4.13. The average Bonchev–Trinajstić information content (AvgIpc) is 3.12. The molecule has 3 aromatic rings. The zero-order valence-electron chi connectivity index (χ0n) is 14.4. The van der Waals surface area contributed by atoms with Crippen molar-refractivity contribution in [3.63, 3.8) is 0 Å². The normalized spacial score (nSPS) is 20.2. The van der Waals surface area contributed by atoms with Crippen molar-refractivity contribution in [3.8, 4) is 6.07 Å². The summed E-state index contributed by atoms with van der Waals surface area (Å²) in [5.41, 5.74) is 0.815. The number of hydrogen-bond donors (Lipinski definition) is 2. The first-order valence-electron chi connectivity index (χ1n) is 8.68. The van der Waals surface area contributed by atoms with Crippen LogP contribution in [0.5, 0.6) is 0 Å². The number of aromatic nitrogens is 4. The van der Waals surface area contributed by atoms with Crippen molar-refractivity contribution in [2.45, 2.75) is 38.3 Å². The molecule has 4 rings (SSSR count). The minimum absolute atomic E-state index is 0.00680. The van der Waals surface area contributed by atoms with Gasteiger partial charge in [-0.15, -0.1) is 5.10 Å². The summed E-state index contributed by atoms with van der Waals surface area (Å²) in [6.07, 6.45) is 7.08. The van der Waals surface area contributed by atoms with Gasteiger partial charge in [0.2, 0.25) is 5.91 Å². The Labute approximate surface area is 150 Å². The third kappa shape index (κ3) is 2.81. The fourth-order valence-electron chi connectivity index (χ4n) is 3.64. The Balaban J connectivity index is 1.72. The van der Waals surface area contributed by atoms with E-state index in [1.54, 1.807) is 12.4 Å². The molecule has 0 saturated carbocycles. The van der Waals surface area contributed by atoms with Gasteiger partial charge in [-0.05, 0) is 25.8 Å². The third-order valence-corrected chi connectivity index (χ3v) is 4.95. The van der Waals surface area contributed by atoms with Crippen molar-refractivity contribution in [3.05, 3.63) is 24.7 Å². The Morgan fingerprint density at radius 3 is 3.19 bits per heavy atom. The SMILES string of the molecule is CC1CCC(NC(=O)CC#N)CN1c1nncc2cnc3[nH]ccc3c12. The molecule has 1 aliphatic rings. The Bertz CT molecular complexity index is 1010. The van der Waals surface area contributed by atoms with Crippen LogP contribution in [-0.2, 0) is 4.79 Å². The van der Waals surface area contributed by atoms with Crippen LogP contribution in [-0.4, -0.2) is 44.7 Å². The van der Waals surface area contributed by atoms with Crippen LogP contribution in [0.4, 0.5) is 5.82 Å². The second-order valence-electron chi connectivity index (χ2n) is 6.67. The lowest BCUT2D eigenvalue weighted by molar-refractivity contribution is -0.120. The maximum atomic E-state index is 11.8. The third-order valence-electron chi connectivity index (χ3n) is 4.95. The van der Waals surface area contributed by atoms with E-state index in [2.05, 4.69) is 37.3 Å². The van der Waals surface area contributed by atoms with Crippen LogP contribution in [0.15, 0.2) is 24.7 Å². The Hall–Kier alpha value is -3.21. The Morgan fingerprint density at radius 1 is 1.46 bits per heavy atom. The summed E-state index contributed by atoms with van der Waals surface area (Å²) in [6, 6.07) is 4.16. The summed E-state index contributed by atoms with van der Waals surface area (Å²) >= 11 is 0. The highest BCUT2D eigenvalue weighted by Crippen LogP contribution is 2.33. The number of anilines is 1. The summed E-state index contributed by atoms with van der Waals surface area (Å²) in [5.74, 6) is 0.578. The number of nitrogens with zero attached hydrogens (tertiary/aromatic N) is 5. The molecular formula is C18H19N7O. The fourth-order valence-corrected chi connectivity index (χ4v) is 3.64. The molecule has 2 atom stereocenters. The molecule has 0 spiro atoms. The number of aromatic amines is 1. The van der Waals surface area contributed by atoms with Crippen LogP contribution < -0.4 is 10.2 Å². The molecule has 8 nitrogen and oxygen atoms in total. The van der Waals surface area contributed by atoms with Crippen LogP contribution in [0.2, 0.25) is 0 Å². The highest BCUT2D eigenvalue weighted by atomic mass is 16.1. The van der Waals surface area contributed by atoms with Gasteiger partial charge < -0.3 is 15.2 Å². The molecule has 1 aliphatic heterocycles. The van der Waals surface area contributed by atoms with E-state index in [1.807, 2.05) is 18.3 Å². The number of nitrogens with one attached hydrogen (secondary N) is 2. The van der Waals surface area contributed by atoms with E-state index in [9.17, 15) is 4.79 Å². The van der Waals surface area contributed by atoms with Gasteiger partial charge in [-0.25, -0.2) is 4.98 Å². The molecule has 4 heterocycles. The lowest BCUT2D eigenvalue weighted by atomic mass is 9.98. The van der Waals surface area contributed by atoms with Gasteiger partial charge in [0.1, 0.15) is 12.1 Å². The molecule has 0 radical (unpaired) electrons. The van der Waals surface area contributed by atoms with E-state index in [1.165, 1.54) is 0 Å². The number of piperidine rings is 1. The van der Waals surface area contributed by atoms with Crippen molar-refractivity contribution >= 4 is 33.5 Å². The molecule has 0 bridgehead atoms. The van der Waals surface area contributed by atoms with Crippen molar-refractivity contribution in [2.24, 2.45) is 0 Å². The highest BCUT2D eigenvalue weighted by Gasteiger charge is 2.29. The molecule has 132 valence electrons. The Morgan fingerprint density at radius 2 is 2.35 bits per heavy atom. The number of hydrogen-bond acceptors (Lipinski definition) is 6. The molecule has 2 N–H and O–H groups in total. The first-order chi connectivity index (χ1) is 12.7. The van der Waals surface area contributed by atoms with Crippen molar-refractivity contribution < 1.29 is 4.79 Å². The molecule has 1 amide bonds. The zero-order valence-corrected chi connectivity index (χ0v) is 14.4. The van der Waals surface area contributed by atoms with E-state index in [0.29, 0.717) is 6.54 Å². The average molecular weight is 349 g/mol. The zero-order chi connectivity index (χ0) is 18.1. The second kappa shape index (κ2) is 6.59. The van der Waals surface area contributed by atoms with Crippen molar-refractivity contribution in [2.75, 3.05) is 11.4 Å². The molecule has 26 heavy (non-hydrogen) atoms. The number of H-pyrrole nitrogens is 1. The lowest BCUT2D eigenvalue weighted by Crippen LogP contribution is -2.51. The quantitative estimate of drug-likeness (QED) is 0.747. The van der Waals surface area contributed by atoms with Crippen LogP contribution in [0.1, 0.15) is 26.2 Å². The van der Waals surface area contributed by atoms with E-state index in [-0.39, 0.29) is 24.4 Å². The van der Waals surface area contributed by atoms with E-state index in [4.69, 9.17) is 5.26 Å². The second-order valence-corrected chi connectivity index (χ2v) is 6.67. The van der Waals surface area contributed by atoms with Gasteiger partial charge >= 0.3 is 0 Å². The summed E-state index contributed by atoms with van der Waals surface area (Å²) in [5, 5.41) is 23.2. The maximum Gasteiger partial charge on any atom is 0.234 e. The molecule has 1 fully saturated rings. The summed E-state index contributed by atoms with van der Waals surface area (Å²) in [7, 11) is 0. The largest absolute Gasteiger partial charge is 0.351 e.